The van der Waals surface area contributed by atoms with E-state index in [1.165, 1.54) is 32.1 Å². The molecule has 4 fully saturated rings. The average molecular weight is 364 g/mol. The number of aliphatic imine (C=N–C) groups is 2. The van der Waals surface area contributed by atoms with Crippen molar-refractivity contribution in [3.05, 3.63) is 0 Å². The van der Waals surface area contributed by atoms with Gasteiger partial charge in [0.2, 0.25) is 12.2 Å². The van der Waals surface area contributed by atoms with Crippen LogP contribution in [0.25, 0.3) is 0 Å². The largest absolute Gasteiger partial charge is 0.377 e. The molecule has 6 heteroatoms. The fraction of sp³-hybridized carbons (Fsp3) is 0.900. The Labute approximate surface area is 156 Å². The zero-order valence-corrected chi connectivity index (χ0v) is 15.9. The Morgan fingerprint density at radius 2 is 1.15 bits per heavy atom. The molecule has 2 aliphatic carbocycles. The zero-order chi connectivity index (χ0) is 18.6. The molecule has 0 aromatic rings. The number of hydrogen-bond acceptors (Lipinski definition) is 6. The van der Waals surface area contributed by atoms with E-state index in [0.29, 0.717) is 6.10 Å². The molecule has 0 bridgehead atoms. The van der Waals surface area contributed by atoms with Gasteiger partial charge < -0.3 is 9.47 Å². The minimum Gasteiger partial charge on any atom is -0.377 e. The van der Waals surface area contributed by atoms with Gasteiger partial charge in [-0.05, 0) is 76.5 Å². The van der Waals surface area contributed by atoms with Crippen LogP contribution in [-0.2, 0) is 19.1 Å². The van der Waals surface area contributed by atoms with E-state index in [9.17, 15) is 9.59 Å². The predicted molar refractivity (Wildman–Crippen MR) is 98.6 cm³/mol. The summed E-state index contributed by atoms with van der Waals surface area (Å²) in [5.74, 6) is 1.60. The quantitative estimate of drug-likeness (QED) is 0.433. The summed E-state index contributed by atoms with van der Waals surface area (Å²) >= 11 is 0. The summed E-state index contributed by atoms with van der Waals surface area (Å²) in [6.07, 6.45) is 14.2. The Morgan fingerprint density at radius 3 is 1.38 bits per heavy atom. The first-order valence-electron chi connectivity index (χ1n) is 10.0. The maximum absolute atomic E-state index is 10.2. The molecule has 2 saturated carbocycles. The van der Waals surface area contributed by atoms with E-state index in [4.69, 9.17) is 4.74 Å². The third-order valence-electron chi connectivity index (χ3n) is 5.47. The van der Waals surface area contributed by atoms with Crippen LogP contribution in [-0.4, -0.2) is 50.2 Å². The van der Waals surface area contributed by atoms with E-state index in [1.54, 1.807) is 12.2 Å². The van der Waals surface area contributed by atoms with Gasteiger partial charge in [0, 0.05) is 0 Å². The molecular weight excluding hydrogens is 332 g/mol. The van der Waals surface area contributed by atoms with Gasteiger partial charge in [0.25, 0.3) is 0 Å². The van der Waals surface area contributed by atoms with Crippen molar-refractivity contribution in [1.29, 1.82) is 0 Å². The minimum atomic E-state index is 0.228. The highest BCUT2D eigenvalue weighted by Crippen LogP contribution is 2.36. The highest BCUT2D eigenvalue weighted by atomic mass is 16.6. The first-order valence-corrected chi connectivity index (χ1v) is 10.0. The molecule has 0 spiro atoms. The third-order valence-corrected chi connectivity index (χ3v) is 5.47. The average Bonchev–Trinajstić information content (AvgIpc) is 3.55. The Hall–Kier alpha value is -1.32. The molecule has 0 radical (unpaired) electrons. The number of nitrogens with zero attached hydrogens (tertiary/aromatic N) is 2. The predicted octanol–water partition coefficient (Wildman–Crippen LogP) is 3.59. The maximum Gasteiger partial charge on any atom is 0.235 e. The molecule has 4 aliphatic rings. The van der Waals surface area contributed by atoms with Gasteiger partial charge in [-0.1, -0.05) is 0 Å². The van der Waals surface area contributed by atoms with Gasteiger partial charge in [0.15, 0.2) is 0 Å². The van der Waals surface area contributed by atoms with Crippen LogP contribution in [0.15, 0.2) is 9.98 Å². The lowest BCUT2D eigenvalue weighted by atomic mass is 9.76. The molecule has 26 heavy (non-hydrogen) atoms. The molecule has 2 aliphatic heterocycles. The fourth-order valence-corrected chi connectivity index (χ4v) is 3.74. The molecule has 0 aromatic heterocycles. The molecule has 2 heterocycles. The molecule has 0 N–H and O–H groups in total. The number of hydrogen-bond donors (Lipinski definition) is 0. The highest BCUT2D eigenvalue weighted by molar-refractivity contribution is 5.33. The normalized spacial score (nSPS) is 34.4. The lowest BCUT2D eigenvalue weighted by Gasteiger charge is -2.31. The van der Waals surface area contributed by atoms with Crippen LogP contribution in [0.4, 0.5) is 0 Å². The van der Waals surface area contributed by atoms with Gasteiger partial charge in [-0.15, -0.1) is 0 Å². The second-order valence-corrected chi connectivity index (χ2v) is 7.78. The molecule has 1 unspecified atom stereocenters. The summed E-state index contributed by atoms with van der Waals surface area (Å²) in [5, 5.41) is 0. The van der Waals surface area contributed by atoms with Crippen molar-refractivity contribution in [1.82, 2.24) is 0 Å². The molecule has 4 rings (SSSR count). The first-order chi connectivity index (χ1) is 12.7. The van der Waals surface area contributed by atoms with Crippen molar-refractivity contribution in [2.75, 3.05) is 19.8 Å². The summed E-state index contributed by atoms with van der Waals surface area (Å²) in [6.45, 7) is 5.04. The van der Waals surface area contributed by atoms with E-state index in [1.807, 2.05) is 0 Å². The molecular formula is C20H32N2O4. The summed E-state index contributed by atoms with van der Waals surface area (Å²) in [6, 6.07) is 0.456. The van der Waals surface area contributed by atoms with Crippen LogP contribution in [0.5, 0.6) is 0 Å². The smallest absolute Gasteiger partial charge is 0.235 e. The number of isocyanates is 2. The number of carbonyl (C=O) groups excluding carboxylic acids is 2. The zero-order valence-electron chi connectivity index (χ0n) is 15.9. The van der Waals surface area contributed by atoms with Crippen LogP contribution in [0.2, 0.25) is 0 Å². The molecule has 146 valence electrons. The Morgan fingerprint density at radius 1 is 0.808 bits per heavy atom. The van der Waals surface area contributed by atoms with Gasteiger partial charge in [-0.3, -0.25) is 0 Å². The summed E-state index contributed by atoms with van der Waals surface area (Å²) in [7, 11) is 0. The van der Waals surface area contributed by atoms with Crippen LogP contribution in [0, 0.1) is 11.8 Å². The summed E-state index contributed by atoms with van der Waals surface area (Å²) in [5.41, 5.74) is 0. The Kier molecular flexibility index (Phi) is 9.80. The SMILES string of the molecule is C1CO1.CC1CO1.O=C=NC1CCC(CC2CCC(N=C=O)CC2)CC1. The molecule has 0 aromatic carbocycles. The van der Waals surface area contributed by atoms with Crippen molar-refractivity contribution < 1.29 is 19.1 Å². The van der Waals surface area contributed by atoms with Crippen molar-refractivity contribution in [3.8, 4) is 0 Å². The maximum atomic E-state index is 10.2. The van der Waals surface area contributed by atoms with Crippen molar-refractivity contribution in [2.24, 2.45) is 21.8 Å². The topological polar surface area (TPSA) is 83.9 Å². The van der Waals surface area contributed by atoms with Gasteiger partial charge in [-0.25, -0.2) is 19.6 Å². The number of ether oxygens (including phenoxy) is 2. The van der Waals surface area contributed by atoms with Crippen LogP contribution < -0.4 is 0 Å². The molecule has 6 nitrogen and oxygen atoms in total. The lowest BCUT2D eigenvalue weighted by molar-refractivity contribution is 0.226. The molecule has 1 atom stereocenters. The Bertz CT molecular complexity index is 439. The highest BCUT2D eigenvalue weighted by Gasteiger charge is 2.26. The van der Waals surface area contributed by atoms with Crippen molar-refractivity contribution in [3.63, 3.8) is 0 Å². The van der Waals surface area contributed by atoms with Crippen molar-refractivity contribution in [2.45, 2.75) is 82.9 Å². The second kappa shape index (κ2) is 12.1. The van der Waals surface area contributed by atoms with Crippen molar-refractivity contribution >= 4 is 12.2 Å². The minimum absolute atomic E-state index is 0.228. The summed E-state index contributed by atoms with van der Waals surface area (Å²) in [4.78, 5) is 28.1. The van der Waals surface area contributed by atoms with Crippen LogP contribution in [0.3, 0.4) is 0 Å². The van der Waals surface area contributed by atoms with Gasteiger partial charge >= 0.3 is 0 Å². The van der Waals surface area contributed by atoms with Gasteiger partial charge in [0.1, 0.15) is 0 Å². The first kappa shape index (κ1) is 21.0. The standard InChI is InChI=1S/C15H22N2O2.C3H6O.C2H4O/c18-10-16-14-5-1-12(2-6-14)9-13-3-7-15(8-4-13)17-11-19;1-3-2-4-3;1-2-3-1/h12-15H,1-9H2;3H,2H2,1H3;1-2H2. The van der Waals surface area contributed by atoms with E-state index >= 15 is 0 Å². The fourth-order valence-electron chi connectivity index (χ4n) is 3.74. The lowest BCUT2D eigenvalue weighted by Crippen LogP contribution is -2.23. The second-order valence-electron chi connectivity index (χ2n) is 7.78. The van der Waals surface area contributed by atoms with E-state index in [-0.39, 0.29) is 12.1 Å². The van der Waals surface area contributed by atoms with Gasteiger partial charge in [-0.2, -0.15) is 0 Å². The molecule has 0 amide bonds. The van der Waals surface area contributed by atoms with E-state index < -0.39 is 0 Å². The van der Waals surface area contributed by atoms with Gasteiger partial charge in [0.05, 0.1) is 38.0 Å². The molecule has 2 saturated heterocycles. The number of rotatable bonds is 4. The van der Waals surface area contributed by atoms with E-state index in [0.717, 1.165) is 57.3 Å². The van der Waals surface area contributed by atoms with E-state index in [2.05, 4.69) is 21.6 Å². The summed E-state index contributed by atoms with van der Waals surface area (Å²) < 4.78 is 9.21. The number of epoxide rings is 2. The van der Waals surface area contributed by atoms with Crippen LogP contribution >= 0.6 is 0 Å². The monoisotopic (exact) mass is 364 g/mol. The Balaban J connectivity index is 0.000000285. The third kappa shape index (κ3) is 9.98. The van der Waals surface area contributed by atoms with Crippen LogP contribution in [0.1, 0.15) is 64.7 Å².